The Hall–Kier alpha value is -2.89. The van der Waals surface area contributed by atoms with Gasteiger partial charge < -0.3 is 10.1 Å². The van der Waals surface area contributed by atoms with Gasteiger partial charge in [-0.05, 0) is 24.6 Å². The van der Waals surface area contributed by atoms with Gasteiger partial charge in [0.1, 0.15) is 5.69 Å². The summed E-state index contributed by atoms with van der Waals surface area (Å²) >= 11 is 0. The highest BCUT2D eigenvalue weighted by Crippen LogP contribution is 2.25. The highest BCUT2D eigenvalue weighted by atomic mass is 16.4. The Morgan fingerprint density at radius 2 is 2.00 bits per heavy atom. The largest absolute Gasteiger partial charge is 0.477 e. The summed E-state index contributed by atoms with van der Waals surface area (Å²) in [5.74, 6) is -1.09. The molecule has 0 amide bonds. The smallest absolute Gasteiger partial charge is 0.353 e. The van der Waals surface area contributed by atoms with E-state index in [0.29, 0.717) is 22.3 Å². The lowest BCUT2D eigenvalue weighted by Gasteiger charge is -2.07. The molecule has 3 rings (SSSR count). The van der Waals surface area contributed by atoms with Crippen molar-refractivity contribution in [2.75, 3.05) is 0 Å². The van der Waals surface area contributed by atoms with Gasteiger partial charge in [-0.25, -0.2) is 9.78 Å². The first kappa shape index (κ1) is 12.2. The van der Waals surface area contributed by atoms with E-state index in [4.69, 9.17) is 0 Å². The van der Waals surface area contributed by atoms with E-state index < -0.39 is 5.97 Å². The Balaban J connectivity index is 2.53. The summed E-state index contributed by atoms with van der Waals surface area (Å²) in [4.78, 5) is 30.1. The average Bonchev–Trinajstić information content (AvgIpc) is 2.74. The minimum absolute atomic E-state index is 0.0513. The fraction of sp³-hybridized carbons (Fsp3) is 0.0714. The van der Waals surface area contributed by atoms with Crippen molar-refractivity contribution in [2.24, 2.45) is 0 Å². The minimum atomic E-state index is -1.09. The van der Waals surface area contributed by atoms with Crippen LogP contribution in [0.1, 0.15) is 16.1 Å². The van der Waals surface area contributed by atoms with Crippen molar-refractivity contribution in [1.29, 1.82) is 0 Å². The van der Waals surface area contributed by atoms with Crippen LogP contribution in [0.2, 0.25) is 0 Å². The number of carboxylic acid groups (broad SMARTS) is 1. The predicted molar refractivity (Wildman–Crippen MR) is 73.4 cm³/mol. The molecule has 0 saturated heterocycles. The van der Waals surface area contributed by atoms with Crippen molar-refractivity contribution in [3.63, 3.8) is 0 Å². The molecule has 2 heterocycles. The van der Waals surface area contributed by atoms with Crippen LogP contribution in [0.5, 0.6) is 0 Å². The number of nitrogens with zero attached hydrogens (tertiary/aromatic N) is 2. The second-order valence-electron chi connectivity index (χ2n) is 4.38. The van der Waals surface area contributed by atoms with Crippen molar-refractivity contribution in [3.05, 3.63) is 58.3 Å². The molecule has 6 nitrogen and oxygen atoms in total. The van der Waals surface area contributed by atoms with Gasteiger partial charge in [-0.15, -0.1) is 0 Å². The third-order valence-electron chi connectivity index (χ3n) is 3.22. The van der Waals surface area contributed by atoms with E-state index in [2.05, 4.69) is 9.97 Å². The van der Waals surface area contributed by atoms with Gasteiger partial charge in [0.25, 0.3) is 5.56 Å². The van der Waals surface area contributed by atoms with E-state index in [9.17, 15) is 14.7 Å². The molecule has 3 aromatic rings. The lowest BCUT2D eigenvalue weighted by Crippen LogP contribution is -2.08. The first-order valence-corrected chi connectivity index (χ1v) is 5.98. The number of aryl methyl sites for hydroxylation is 1. The molecule has 20 heavy (non-hydrogen) atoms. The van der Waals surface area contributed by atoms with Gasteiger partial charge in [0.15, 0.2) is 5.65 Å². The number of hydrogen-bond acceptors (Lipinski definition) is 3. The summed E-state index contributed by atoms with van der Waals surface area (Å²) in [7, 11) is 0. The van der Waals surface area contributed by atoms with E-state index in [0.717, 1.165) is 0 Å². The molecule has 100 valence electrons. The van der Waals surface area contributed by atoms with Gasteiger partial charge in [0.05, 0.1) is 11.7 Å². The van der Waals surface area contributed by atoms with Crippen LogP contribution in [0.25, 0.3) is 16.7 Å². The van der Waals surface area contributed by atoms with Crippen LogP contribution in [0.15, 0.2) is 41.5 Å². The average molecular weight is 269 g/mol. The number of hydrogen-bond donors (Lipinski definition) is 2. The number of rotatable bonds is 2. The van der Waals surface area contributed by atoms with E-state index in [1.165, 1.54) is 10.9 Å². The number of aromatic amines is 1. The number of aromatic carboxylic acids is 1. The van der Waals surface area contributed by atoms with E-state index in [-0.39, 0.29) is 11.3 Å². The number of nitrogens with one attached hydrogen (secondary N) is 1. The van der Waals surface area contributed by atoms with Crippen LogP contribution < -0.4 is 5.56 Å². The van der Waals surface area contributed by atoms with Gasteiger partial charge in [0.2, 0.25) is 0 Å². The molecular formula is C14H11N3O3. The molecule has 2 N–H and O–H groups in total. The van der Waals surface area contributed by atoms with E-state index in [1.807, 2.05) is 6.07 Å². The zero-order chi connectivity index (χ0) is 14.3. The van der Waals surface area contributed by atoms with Crippen molar-refractivity contribution < 1.29 is 9.90 Å². The SMILES string of the molecule is Cc1c(C(=O)O)n(-c2ccccc2)c2nc[nH]c(=O)c12. The highest BCUT2D eigenvalue weighted by Gasteiger charge is 2.23. The maximum absolute atomic E-state index is 11.9. The van der Waals surface area contributed by atoms with E-state index >= 15 is 0 Å². The van der Waals surface area contributed by atoms with Gasteiger partial charge in [-0.1, -0.05) is 18.2 Å². The monoisotopic (exact) mass is 269 g/mol. The molecule has 1 aromatic carbocycles. The molecule has 0 bridgehead atoms. The van der Waals surface area contributed by atoms with Crippen LogP contribution in [-0.4, -0.2) is 25.6 Å². The number of carboxylic acids is 1. The van der Waals surface area contributed by atoms with Gasteiger partial charge in [-0.3, -0.25) is 9.36 Å². The molecule has 0 radical (unpaired) electrons. The standard InChI is InChI=1S/C14H11N3O3/c1-8-10-12(15-7-16-13(10)18)17(11(8)14(19)20)9-5-3-2-4-6-9/h2-7H,1H3,(H,19,20)(H,15,16,18). The number of para-hydroxylation sites is 1. The summed E-state index contributed by atoms with van der Waals surface area (Å²) < 4.78 is 1.49. The van der Waals surface area contributed by atoms with Crippen molar-refractivity contribution >= 4 is 17.0 Å². The van der Waals surface area contributed by atoms with Crippen LogP contribution in [0.3, 0.4) is 0 Å². The fourth-order valence-electron chi connectivity index (χ4n) is 2.37. The molecule has 0 aliphatic heterocycles. The number of fused-ring (bicyclic) bond motifs is 1. The Morgan fingerprint density at radius 3 is 2.65 bits per heavy atom. The first-order valence-electron chi connectivity index (χ1n) is 5.98. The molecule has 0 fully saturated rings. The molecule has 0 unspecified atom stereocenters. The summed E-state index contributed by atoms with van der Waals surface area (Å²) in [5.41, 5.74) is 1.11. The Morgan fingerprint density at radius 1 is 1.30 bits per heavy atom. The van der Waals surface area contributed by atoms with Crippen LogP contribution in [0, 0.1) is 6.92 Å². The molecule has 0 saturated carbocycles. The Labute approximate surface area is 113 Å². The van der Waals surface area contributed by atoms with E-state index in [1.54, 1.807) is 31.2 Å². The highest BCUT2D eigenvalue weighted by molar-refractivity contribution is 5.97. The summed E-state index contributed by atoms with van der Waals surface area (Å²) in [6.07, 6.45) is 1.27. The Kier molecular flexibility index (Phi) is 2.64. The number of aromatic nitrogens is 3. The molecule has 0 atom stereocenters. The molecule has 0 aliphatic carbocycles. The minimum Gasteiger partial charge on any atom is -0.477 e. The fourth-order valence-corrected chi connectivity index (χ4v) is 2.37. The summed E-state index contributed by atoms with van der Waals surface area (Å²) in [5, 5.41) is 9.74. The van der Waals surface area contributed by atoms with Crippen LogP contribution in [-0.2, 0) is 0 Å². The molecule has 0 aliphatic rings. The van der Waals surface area contributed by atoms with Crippen LogP contribution in [0.4, 0.5) is 0 Å². The first-order chi connectivity index (χ1) is 9.61. The maximum atomic E-state index is 11.9. The summed E-state index contributed by atoms with van der Waals surface area (Å²) in [6.45, 7) is 1.61. The number of H-pyrrole nitrogens is 1. The van der Waals surface area contributed by atoms with Gasteiger partial charge >= 0.3 is 5.97 Å². The normalized spacial score (nSPS) is 10.8. The van der Waals surface area contributed by atoms with Crippen molar-refractivity contribution in [2.45, 2.75) is 6.92 Å². The molecule has 6 heteroatoms. The molecular weight excluding hydrogens is 258 g/mol. The lowest BCUT2D eigenvalue weighted by atomic mass is 10.2. The zero-order valence-corrected chi connectivity index (χ0v) is 10.6. The lowest BCUT2D eigenvalue weighted by molar-refractivity contribution is 0.0688. The quantitative estimate of drug-likeness (QED) is 0.741. The molecule has 2 aromatic heterocycles. The second-order valence-corrected chi connectivity index (χ2v) is 4.38. The summed E-state index contributed by atoms with van der Waals surface area (Å²) in [6, 6.07) is 8.98. The Bertz CT molecular complexity index is 862. The second kappa shape index (κ2) is 4.34. The zero-order valence-electron chi connectivity index (χ0n) is 10.6. The number of carbonyl (C=O) groups is 1. The maximum Gasteiger partial charge on any atom is 0.353 e. The van der Waals surface area contributed by atoms with Gasteiger partial charge in [0, 0.05) is 5.69 Å². The molecule has 0 spiro atoms. The number of benzene rings is 1. The third kappa shape index (κ3) is 1.62. The predicted octanol–water partition coefficient (Wildman–Crippen LogP) is 1.72. The van der Waals surface area contributed by atoms with Crippen molar-refractivity contribution in [3.8, 4) is 5.69 Å². The van der Waals surface area contributed by atoms with Gasteiger partial charge in [-0.2, -0.15) is 0 Å². The topological polar surface area (TPSA) is 88.0 Å². The third-order valence-corrected chi connectivity index (χ3v) is 3.22. The van der Waals surface area contributed by atoms with Crippen molar-refractivity contribution in [1.82, 2.24) is 14.5 Å². The van der Waals surface area contributed by atoms with Crippen LogP contribution >= 0.6 is 0 Å².